The zero-order chi connectivity index (χ0) is 13.7. The Bertz CT molecular complexity index is 418. The van der Waals surface area contributed by atoms with Crippen molar-refractivity contribution >= 4 is 23.2 Å². The lowest BCUT2D eigenvalue weighted by Gasteiger charge is -2.21. The van der Waals surface area contributed by atoms with Crippen LogP contribution in [0.2, 0.25) is 5.02 Å². The summed E-state index contributed by atoms with van der Waals surface area (Å²) >= 11 is 5.97. The van der Waals surface area contributed by atoms with Crippen LogP contribution in [0, 0.1) is 5.92 Å². The molecule has 4 heteroatoms. The molecule has 18 heavy (non-hydrogen) atoms. The molecule has 0 spiro atoms. The fraction of sp³-hybridized carbons (Fsp3) is 0.500. The summed E-state index contributed by atoms with van der Waals surface area (Å²) in [4.78, 5) is 14.1. The number of benzene rings is 1. The van der Waals surface area contributed by atoms with Crippen molar-refractivity contribution in [3.63, 3.8) is 0 Å². The minimum absolute atomic E-state index is 0.00199. The molecule has 0 heterocycles. The van der Waals surface area contributed by atoms with Gasteiger partial charge in [-0.05, 0) is 31.0 Å². The van der Waals surface area contributed by atoms with Gasteiger partial charge in [-0.15, -0.1) is 0 Å². The van der Waals surface area contributed by atoms with E-state index in [4.69, 9.17) is 11.6 Å². The first-order valence-corrected chi connectivity index (χ1v) is 6.62. The molecule has 0 radical (unpaired) electrons. The zero-order valence-electron chi connectivity index (χ0n) is 11.5. The number of carbonyl (C=O) groups excluding carboxylic acids is 1. The standard InChI is InChI=1S/C14H21ClN2O/c1-5-16-13-7-6-11(15)8-12(13)14(18)17(4)9-10(2)3/h6-8,10,16H,5,9H2,1-4H3. The second-order valence-electron chi connectivity index (χ2n) is 4.80. The molecule has 0 aliphatic rings. The van der Waals surface area contributed by atoms with Gasteiger partial charge in [-0.25, -0.2) is 0 Å². The van der Waals surface area contributed by atoms with Crippen LogP contribution < -0.4 is 5.32 Å². The number of amides is 1. The van der Waals surface area contributed by atoms with Crippen molar-refractivity contribution in [2.24, 2.45) is 5.92 Å². The molecule has 0 bridgehead atoms. The number of nitrogens with zero attached hydrogens (tertiary/aromatic N) is 1. The Morgan fingerprint density at radius 2 is 2.11 bits per heavy atom. The lowest BCUT2D eigenvalue weighted by Crippen LogP contribution is -2.30. The van der Waals surface area contributed by atoms with Gasteiger partial charge in [0.05, 0.1) is 5.56 Å². The summed E-state index contributed by atoms with van der Waals surface area (Å²) in [6.07, 6.45) is 0. The topological polar surface area (TPSA) is 32.3 Å². The van der Waals surface area contributed by atoms with Crippen LogP contribution in [0.4, 0.5) is 5.69 Å². The highest BCUT2D eigenvalue weighted by atomic mass is 35.5. The molecule has 1 amide bonds. The van der Waals surface area contributed by atoms with Crippen LogP contribution in [0.1, 0.15) is 31.1 Å². The van der Waals surface area contributed by atoms with Crippen molar-refractivity contribution in [1.29, 1.82) is 0 Å². The first-order chi connectivity index (χ1) is 8.45. The highest BCUT2D eigenvalue weighted by molar-refractivity contribution is 6.31. The van der Waals surface area contributed by atoms with E-state index < -0.39 is 0 Å². The molecule has 0 saturated heterocycles. The van der Waals surface area contributed by atoms with Crippen molar-refractivity contribution in [2.75, 3.05) is 25.5 Å². The van der Waals surface area contributed by atoms with E-state index in [-0.39, 0.29) is 5.91 Å². The van der Waals surface area contributed by atoms with Gasteiger partial charge in [0.1, 0.15) is 0 Å². The third-order valence-corrected chi connectivity index (χ3v) is 2.80. The average molecular weight is 269 g/mol. The van der Waals surface area contributed by atoms with Gasteiger partial charge in [0.15, 0.2) is 0 Å². The van der Waals surface area contributed by atoms with Gasteiger partial charge in [0.25, 0.3) is 5.91 Å². The summed E-state index contributed by atoms with van der Waals surface area (Å²) in [5.41, 5.74) is 1.47. The Morgan fingerprint density at radius 1 is 1.44 bits per heavy atom. The maximum absolute atomic E-state index is 12.4. The van der Waals surface area contributed by atoms with Crippen LogP contribution in [0.5, 0.6) is 0 Å². The maximum atomic E-state index is 12.4. The van der Waals surface area contributed by atoms with Crippen molar-refractivity contribution in [1.82, 2.24) is 4.90 Å². The molecule has 1 rings (SSSR count). The third kappa shape index (κ3) is 3.91. The summed E-state index contributed by atoms with van der Waals surface area (Å²) in [5.74, 6) is 0.447. The number of hydrogen-bond acceptors (Lipinski definition) is 2. The number of nitrogens with one attached hydrogen (secondary N) is 1. The smallest absolute Gasteiger partial charge is 0.255 e. The van der Waals surface area contributed by atoms with Crippen LogP contribution in [0.15, 0.2) is 18.2 Å². The lowest BCUT2D eigenvalue weighted by atomic mass is 10.1. The molecule has 0 unspecified atom stereocenters. The zero-order valence-corrected chi connectivity index (χ0v) is 12.2. The largest absolute Gasteiger partial charge is 0.385 e. The second-order valence-corrected chi connectivity index (χ2v) is 5.24. The van der Waals surface area contributed by atoms with Crippen molar-refractivity contribution in [2.45, 2.75) is 20.8 Å². The average Bonchev–Trinajstić information content (AvgIpc) is 2.30. The SMILES string of the molecule is CCNc1ccc(Cl)cc1C(=O)N(C)CC(C)C. The van der Waals surface area contributed by atoms with E-state index in [9.17, 15) is 4.79 Å². The van der Waals surface area contributed by atoms with Gasteiger partial charge < -0.3 is 10.2 Å². The molecule has 0 fully saturated rings. The van der Waals surface area contributed by atoms with Crippen molar-refractivity contribution in [3.05, 3.63) is 28.8 Å². The van der Waals surface area contributed by atoms with Crippen molar-refractivity contribution < 1.29 is 4.79 Å². The van der Waals surface area contributed by atoms with Gasteiger partial charge in [-0.2, -0.15) is 0 Å². The summed E-state index contributed by atoms with van der Waals surface area (Å²) < 4.78 is 0. The first-order valence-electron chi connectivity index (χ1n) is 6.24. The molecule has 100 valence electrons. The fourth-order valence-corrected chi connectivity index (χ4v) is 2.05. The van der Waals surface area contributed by atoms with Gasteiger partial charge in [0, 0.05) is 30.8 Å². The quantitative estimate of drug-likeness (QED) is 0.886. The minimum Gasteiger partial charge on any atom is -0.385 e. The van der Waals surface area contributed by atoms with Crippen LogP contribution in [-0.2, 0) is 0 Å². The van der Waals surface area contributed by atoms with Crippen LogP contribution in [0.3, 0.4) is 0 Å². The van der Waals surface area contributed by atoms with Gasteiger partial charge in [0.2, 0.25) is 0 Å². The van der Waals surface area contributed by atoms with Gasteiger partial charge in [-0.1, -0.05) is 25.4 Å². The molecular weight excluding hydrogens is 248 g/mol. The molecule has 1 aromatic carbocycles. The van der Waals surface area contributed by atoms with E-state index in [1.54, 1.807) is 17.0 Å². The van der Waals surface area contributed by atoms with E-state index in [1.807, 2.05) is 20.0 Å². The van der Waals surface area contributed by atoms with E-state index in [1.165, 1.54) is 0 Å². The molecule has 1 N–H and O–H groups in total. The van der Waals surface area contributed by atoms with Gasteiger partial charge in [-0.3, -0.25) is 4.79 Å². The fourth-order valence-electron chi connectivity index (χ4n) is 1.87. The molecule has 0 atom stereocenters. The second kappa shape index (κ2) is 6.64. The Morgan fingerprint density at radius 3 is 2.67 bits per heavy atom. The van der Waals surface area contributed by atoms with Crippen molar-refractivity contribution in [3.8, 4) is 0 Å². The maximum Gasteiger partial charge on any atom is 0.255 e. The van der Waals surface area contributed by atoms with Gasteiger partial charge >= 0.3 is 0 Å². The Kier molecular flexibility index (Phi) is 5.48. The van der Waals surface area contributed by atoms with Crippen LogP contribution in [0.25, 0.3) is 0 Å². The Labute approximate surface area is 114 Å². The number of anilines is 1. The number of carbonyl (C=O) groups is 1. The molecule has 0 aliphatic carbocycles. The van der Waals surface area contributed by atoms with E-state index in [0.717, 1.165) is 18.8 Å². The predicted molar refractivity (Wildman–Crippen MR) is 77.4 cm³/mol. The van der Waals surface area contributed by atoms with E-state index >= 15 is 0 Å². The molecule has 3 nitrogen and oxygen atoms in total. The summed E-state index contributed by atoms with van der Waals surface area (Å²) in [7, 11) is 1.82. The first kappa shape index (κ1) is 14.8. The number of halogens is 1. The highest BCUT2D eigenvalue weighted by Crippen LogP contribution is 2.22. The molecular formula is C14H21ClN2O. The molecule has 0 saturated carbocycles. The molecule has 1 aromatic rings. The minimum atomic E-state index is 0.00199. The number of rotatable bonds is 5. The summed E-state index contributed by atoms with van der Waals surface area (Å²) in [5, 5.41) is 3.77. The summed E-state index contributed by atoms with van der Waals surface area (Å²) in [6.45, 7) is 7.69. The number of hydrogen-bond donors (Lipinski definition) is 1. The normalized spacial score (nSPS) is 10.6. The summed E-state index contributed by atoms with van der Waals surface area (Å²) in [6, 6.07) is 5.36. The Hall–Kier alpha value is -1.22. The van der Waals surface area contributed by atoms with E-state index in [2.05, 4.69) is 19.2 Å². The van der Waals surface area contributed by atoms with E-state index in [0.29, 0.717) is 16.5 Å². The lowest BCUT2D eigenvalue weighted by molar-refractivity contribution is 0.0780. The van der Waals surface area contributed by atoms with Crippen LogP contribution in [-0.4, -0.2) is 30.9 Å². The van der Waals surface area contributed by atoms with Crippen LogP contribution >= 0.6 is 11.6 Å². The Balaban J connectivity index is 2.99. The molecule has 0 aliphatic heterocycles. The monoisotopic (exact) mass is 268 g/mol. The molecule has 0 aromatic heterocycles. The predicted octanol–water partition coefficient (Wildman–Crippen LogP) is 3.50. The third-order valence-electron chi connectivity index (χ3n) is 2.56. The highest BCUT2D eigenvalue weighted by Gasteiger charge is 2.16.